The number of rotatable bonds is 0. The summed E-state index contributed by atoms with van der Waals surface area (Å²) < 4.78 is 12.5. The Kier molecular flexibility index (Phi) is 1.18. The van der Waals surface area contributed by atoms with Gasteiger partial charge in [-0.3, -0.25) is 4.79 Å². The van der Waals surface area contributed by atoms with Crippen molar-refractivity contribution >= 4 is 11.6 Å². The Hall–Kier alpha value is -1.38. The molecule has 2 nitrogen and oxygen atoms in total. The minimum atomic E-state index is -0.345. The van der Waals surface area contributed by atoms with E-state index in [1.54, 1.807) is 6.07 Å². The molecule has 2 rings (SSSR count). The molecule has 11 heavy (non-hydrogen) atoms. The molecule has 1 aromatic rings. The zero-order valence-electron chi connectivity index (χ0n) is 5.67. The lowest BCUT2D eigenvalue weighted by molar-refractivity contribution is -0.118. The number of carbonyl (C=O) groups is 1. The third-order valence-electron chi connectivity index (χ3n) is 1.63. The van der Waals surface area contributed by atoms with E-state index in [4.69, 9.17) is 0 Å². The zero-order chi connectivity index (χ0) is 7.84. The molecule has 0 atom stereocenters. The number of hydrogen-bond acceptors (Lipinski definition) is 1. The fourth-order valence-electron chi connectivity index (χ4n) is 1.13. The van der Waals surface area contributed by atoms with Crippen LogP contribution in [0.15, 0.2) is 18.2 Å². The molecule has 0 N–H and O–H groups in total. The van der Waals surface area contributed by atoms with Crippen molar-refractivity contribution in [2.24, 2.45) is 0 Å². The summed E-state index contributed by atoms with van der Waals surface area (Å²) in [4.78, 5) is 10.7. The summed E-state index contributed by atoms with van der Waals surface area (Å²) in [6, 6.07) is 4.21. The molecule has 0 spiro atoms. The molecule has 1 heterocycles. The number of amides is 1. The fraction of sp³-hybridized carbons (Fsp3) is 0.125. The number of halogens is 1. The van der Waals surface area contributed by atoms with Crippen LogP contribution in [-0.2, 0) is 11.2 Å². The number of nitrogens with zero attached hydrogens (tertiary/aromatic N) is 1. The molecule has 3 heteroatoms. The molecule has 0 fully saturated rings. The smallest absolute Gasteiger partial charge is 0.250 e. The molecular formula is C8H5FNO. The van der Waals surface area contributed by atoms with Gasteiger partial charge in [0.25, 0.3) is 5.91 Å². The first-order chi connectivity index (χ1) is 5.25. The van der Waals surface area contributed by atoms with E-state index in [0.717, 1.165) is 5.56 Å². The molecule has 1 aromatic carbocycles. The van der Waals surface area contributed by atoms with Crippen LogP contribution in [0.25, 0.3) is 0 Å². The highest BCUT2D eigenvalue weighted by atomic mass is 19.1. The predicted molar refractivity (Wildman–Crippen MR) is 36.9 cm³/mol. The van der Waals surface area contributed by atoms with Crippen LogP contribution >= 0.6 is 0 Å². The molecule has 1 amide bonds. The van der Waals surface area contributed by atoms with Gasteiger partial charge in [0.1, 0.15) is 5.82 Å². The van der Waals surface area contributed by atoms with E-state index in [1.807, 2.05) is 0 Å². The molecule has 1 aliphatic heterocycles. The normalized spacial score (nSPS) is 14.5. The monoisotopic (exact) mass is 150 g/mol. The summed E-state index contributed by atoms with van der Waals surface area (Å²) in [7, 11) is 0. The minimum absolute atomic E-state index is 0.189. The molecule has 1 radical (unpaired) electrons. The van der Waals surface area contributed by atoms with Gasteiger partial charge < -0.3 is 0 Å². The standard InChI is InChI=1S/C8H5FNO/c9-6-2-1-5-3-8(11)10-7(5)4-6/h1-2,4H,3H2. The van der Waals surface area contributed by atoms with Gasteiger partial charge in [-0.25, -0.2) is 9.71 Å². The average Bonchev–Trinajstić information content (AvgIpc) is 2.27. The SMILES string of the molecule is O=C1Cc2ccc(F)cc2[N]1. The summed E-state index contributed by atoms with van der Waals surface area (Å²) in [5, 5.41) is 3.63. The lowest BCUT2D eigenvalue weighted by atomic mass is 10.2. The van der Waals surface area contributed by atoms with E-state index in [1.165, 1.54) is 12.1 Å². The molecule has 0 bridgehead atoms. The maximum Gasteiger partial charge on any atom is 0.250 e. The van der Waals surface area contributed by atoms with E-state index >= 15 is 0 Å². The maximum atomic E-state index is 12.5. The van der Waals surface area contributed by atoms with Crippen molar-refractivity contribution in [1.29, 1.82) is 0 Å². The van der Waals surface area contributed by atoms with Gasteiger partial charge in [0.2, 0.25) is 0 Å². The Morgan fingerprint density at radius 3 is 3.09 bits per heavy atom. The zero-order valence-corrected chi connectivity index (χ0v) is 5.67. The molecule has 0 aliphatic carbocycles. The summed E-state index contributed by atoms with van der Waals surface area (Å²) in [5.74, 6) is -0.534. The number of benzene rings is 1. The molecule has 0 saturated heterocycles. The fourth-order valence-corrected chi connectivity index (χ4v) is 1.13. The van der Waals surface area contributed by atoms with Gasteiger partial charge in [-0.1, -0.05) is 6.07 Å². The van der Waals surface area contributed by atoms with Gasteiger partial charge in [-0.05, 0) is 17.7 Å². The molecule has 0 aromatic heterocycles. The predicted octanol–water partition coefficient (Wildman–Crippen LogP) is 1.14. The van der Waals surface area contributed by atoms with Crippen molar-refractivity contribution in [3.63, 3.8) is 0 Å². The molecule has 0 unspecified atom stereocenters. The Bertz CT molecular complexity index is 322. The van der Waals surface area contributed by atoms with Crippen LogP contribution in [0.1, 0.15) is 5.56 Å². The minimum Gasteiger partial charge on any atom is -0.272 e. The van der Waals surface area contributed by atoms with E-state index < -0.39 is 0 Å². The van der Waals surface area contributed by atoms with Crippen LogP contribution in [0.4, 0.5) is 10.1 Å². The average molecular weight is 150 g/mol. The van der Waals surface area contributed by atoms with Crippen LogP contribution in [0.5, 0.6) is 0 Å². The topological polar surface area (TPSA) is 31.2 Å². The summed E-state index contributed by atoms with van der Waals surface area (Å²) in [6.07, 6.45) is 0.315. The van der Waals surface area contributed by atoms with Crippen molar-refractivity contribution < 1.29 is 9.18 Å². The van der Waals surface area contributed by atoms with E-state index in [0.29, 0.717) is 12.1 Å². The second kappa shape index (κ2) is 2.05. The first kappa shape index (κ1) is 6.34. The van der Waals surface area contributed by atoms with Crippen LogP contribution < -0.4 is 5.32 Å². The van der Waals surface area contributed by atoms with Gasteiger partial charge in [0.05, 0.1) is 12.1 Å². The van der Waals surface area contributed by atoms with Crippen molar-refractivity contribution in [1.82, 2.24) is 5.32 Å². The molecule has 1 aliphatic rings. The number of carbonyl (C=O) groups excluding carboxylic acids is 1. The quantitative estimate of drug-likeness (QED) is 0.545. The van der Waals surface area contributed by atoms with E-state index in [9.17, 15) is 9.18 Å². The highest BCUT2D eigenvalue weighted by Crippen LogP contribution is 2.23. The third kappa shape index (κ3) is 0.981. The van der Waals surface area contributed by atoms with Crippen LogP contribution in [0.3, 0.4) is 0 Å². The number of fused-ring (bicyclic) bond motifs is 1. The Labute approximate surface area is 63.0 Å². The Balaban J connectivity index is 2.51. The van der Waals surface area contributed by atoms with Crippen LogP contribution in [0, 0.1) is 5.82 Å². The Morgan fingerprint density at radius 2 is 2.27 bits per heavy atom. The lowest BCUT2D eigenvalue weighted by Crippen LogP contribution is -2.02. The lowest BCUT2D eigenvalue weighted by Gasteiger charge is -1.93. The maximum absolute atomic E-state index is 12.5. The van der Waals surface area contributed by atoms with Gasteiger partial charge in [0, 0.05) is 0 Å². The van der Waals surface area contributed by atoms with Gasteiger partial charge >= 0.3 is 0 Å². The molecule has 55 valence electrons. The molecule has 0 saturated carbocycles. The first-order valence-electron chi connectivity index (χ1n) is 3.29. The van der Waals surface area contributed by atoms with Crippen molar-refractivity contribution in [3.8, 4) is 0 Å². The van der Waals surface area contributed by atoms with Crippen LogP contribution in [-0.4, -0.2) is 5.91 Å². The van der Waals surface area contributed by atoms with E-state index in [2.05, 4.69) is 5.32 Å². The second-order valence-electron chi connectivity index (χ2n) is 2.46. The van der Waals surface area contributed by atoms with Crippen LogP contribution in [0.2, 0.25) is 0 Å². The van der Waals surface area contributed by atoms with Crippen molar-refractivity contribution in [3.05, 3.63) is 29.6 Å². The first-order valence-corrected chi connectivity index (χ1v) is 3.29. The second-order valence-corrected chi connectivity index (χ2v) is 2.46. The third-order valence-corrected chi connectivity index (χ3v) is 1.63. The van der Waals surface area contributed by atoms with E-state index in [-0.39, 0.29) is 11.7 Å². The highest BCUT2D eigenvalue weighted by molar-refractivity contribution is 5.89. The number of hydrogen-bond donors (Lipinski definition) is 0. The highest BCUT2D eigenvalue weighted by Gasteiger charge is 2.19. The Morgan fingerprint density at radius 1 is 1.45 bits per heavy atom. The summed E-state index contributed by atoms with van der Waals surface area (Å²) in [6.45, 7) is 0. The summed E-state index contributed by atoms with van der Waals surface area (Å²) in [5.41, 5.74) is 1.30. The summed E-state index contributed by atoms with van der Waals surface area (Å²) >= 11 is 0. The van der Waals surface area contributed by atoms with Gasteiger partial charge in [0.15, 0.2) is 0 Å². The van der Waals surface area contributed by atoms with Crippen molar-refractivity contribution in [2.45, 2.75) is 6.42 Å². The van der Waals surface area contributed by atoms with Crippen molar-refractivity contribution in [2.75, 3.05) is 0 Å². The van der Waals surface area contributed by atoms with Gasteiger partial charge in [-0.15, -0.1) is 0 Å². The largest absolute Gasteiger partial charge is 0.272 e. The molecular weight excluding hydrogens is 145 g/mol. The van der Waals surface area contributed by atoms with Gasteiger partial charge in [-0.2, -0.15) is 0 Å².